The molecule has 0 unspecified atom stereocenters. The number of benzene rings is 1. The molecular weight excluding hydrogens is 202 g/mol. The Morgan fingerprint density at radius 3 is 2.77 bits per heavy atom. The molecule has 1 N–H and O–H groups in total. The summed E-state index contributed by atoms with van der Waals surface area (Å²) >= 11 is 7.37. The normalized spacial score (nSPS) is 10.1. The van der Waals surface area contributed by atoms with E-state index in [9.17, 15) is 0 Å². The Labute approximate surface area is 88.0 Å². The summed E-state index contributed by atoms with van der Waals surface area (Å²) < 4.78 is 0. The van der Waals surface area contributed by atoms with E-state index in [0.717, 1.165) is 16.1 Å². The van der Waals surface area contributed by atoms with E-state index in [2.05, 4.69) is 0 Å². The Hall–Kier alpha value is -0.470. The van der Waals surface area contributed by atoms with Gasteiger partial charge >= 0.3 is 0 Å². The van der Waals surface area contributed by atoms with Crippen LogP contribution in [0.5, 0.6) is 0 Å². The molecule has 1 aromatic carbocycles. The molecule has 0 bridgehead atoms. The van der Waals surface area contributed by atoms with Crippen molar-refractivity contribution in [3.05, 3.63) is 34.3 Å². The topological polar surface area (TPSA) is 23.9 Å². The van der Waals surface area contributed by atoms with Gasteiger partial charge in [-0.3, -0.25) is 5.41 Å². The molecule has 0 aliphatic heterocycles. The summed E-state index contributed by atoms with van der Waals surface area (Å²) in [6, 6.07) is 5.90. The first-order chi connectivity index (χ1) is 6.13. The lowest BCUT2D eigenvalue weighted by Crippen LogP contribution is -1.95. The summed E-state index contributed by atoms with van der Waals surface area (Å²) in [5.41, 5.74) is 2.23. The van der Waals surface area contributed by atoms with Gasteiger partial charge in [0.25, 0.3) is 0 Å². The Morgan fingerprint density at radius 2 is 2.23 bits per heavy atom. The molecule has 0 saturated carbocycles. The van der Waals surface area contributed by atoms with Crippen LogP contribution in [0.2, 0.25) is 5.02 Å². The first kappa shape index (κ1) is 10.6. The van der Waals surface area contributed by atoms with Crippen LogP contribution in [0.3, 0.4) is 0 Å². The van der Waals surface area contributed by atoms with Crippen LogP contribution in [0, 0.1) is 12.3 Å². The van der Waals surface area contributed by atoms with Gasteiger partial charge in [0.1, 0.15) is 0 Å². The first-order valence-electron chi connectivity index (χ1n) is 4.00. The Morgan fingerprint density at radius 1 is 1.54 bits per heavy atom. The van der Waals surface area contributed by atoms with E-state index in [-0.39, 0.29) is 0 Å². The van der Waals surface area contributed by atoms with Crippen LogP contribution in [0.25, 0.3) is 0 Å². The maximum absolute atomic E-state index is 7.53. The second-order valence-corrected chi connectivity index (χ2v) is 4.20. The zero-order valence-corrected chi connectivity index (χ0v) is 9.30. The lowest BCUT2D eigenvalue weighted by atomic mass is 10.1. The molecule has 0 atom stereocenters. The van der Waals surface area contributed by atoms with Crippen molar-refractivity contribution in [1.82, 2.24) is 0 Å². The SMILES string of the molecule is CSC(=N)Cc1ccc(Cl)c(C)c1. The maximum Gasteiger partial charge on any atom is 0.0682 e. The van der Waals surface area contributed by atoms with E-state index in [4.69, 9.17) is 17.0 Å². The molecule has 0 heterocycles. The van der Waals surface area contributed by atoms with Crippen LogP contribution in [0.4, 0.5) is 0 Å². The van der Waals surface area contributed by atoms with Gasteiger partial charge in [-0.15, -0.1) is 11.8 Å². The largest absolute Gasteiger partial charge is 0.298 e. The van der Waals surface area contributed by atoms with E-state index in [1.807, 2.05) is 31.4 Å². The lowest BCUT2D eigenvalue weighted by molar-refractivity contribution is 1.29. The fraction of sp³-hybridized carbons (Fsp3) is 0.300. The third-order valence-electron chi connectivity index (χ3n) is 1.83. The molecule has 1 aromatic rings. The van der Waals surface area contributed by atoms with Crippen molar-refractivity contribution >= 4 is 28.4 Å². The van der Waals surface area contributed by atoms with E-state index >= 15 is 0 Å². The minimum absolute atomic E-state index is 0.682. The fourth-order valence-corrected chi connectivity index (χ4v) is 1.50. The van der Waals surface area contributed by atoms with Crippen molar-refractivity contribution in [3.8, 4) is 0 Å². The minimum atomic E-state index is 0.682. The molecule has 70 valence electrons. The van der Waals surface area contributed by atoms with E-state index in [0.29, 0.717) is 11.5 Å². The fourth-order valence-electron chi connectivity index (χ4n) is 1.07. The molecule has 0 aliphatic carbocycles. The highest BCUT2D eigenvalue weighted by Crippen LogP contribution is 2.17. The molecule has 0 saturated heterocycles. The number of hydrogen-bond acceptors (Lipinski definition) is 2. The van der Waals surface area contributed by atoms with Gasteiger partial charge in [0, 0.05) is 11.4 Å². The monoisotopic (exact) mass is 213 g/mol. The van der Waals surface area contributed by atoms with Gasteiger partial charge in [0.05, 0.1) is 5.04 Å². The van der Waals surface area contributed by atoms with Crippen LogP contribution >= 0.6 is 23.4 Å². The molecule has 1 nitrogen and oxygen atoms in total. The molecule has 0 aliphatic rings. The number of hydrogen-bond donors (Lipinski definition) is 1. The predicted molar refractivity (Wildman–Crippen MR) is 61.1 cm³/mol. The Balaban J connectivity index is 2.79. The number of aryl methyl sites for hydroxylation is 1. The summed E-state index contributed by atoms with van der Waals surface area (Å²) in [5, 5.41) is 9.00. The Kier molecular flexibility index (Phi) is 3.82. The van der Waals surface area contributed by atoms with Gasteiger partial charge in [-0.1, -0.05) is 23.7 Å². The quantitative estimate of drug-likeness (QED) is 0.590. The first-order valence-corrected chi connectivity index (χ1v) is 5.60. The van der Waals surface area contributed by atoms with Crippen LogP contribution in [0.1, 0.15) is 11.1 Å². The minimum Gasteiger partial charge on any atom is -0.298 e. The molecule has 0 amide bonds. The Bertz CT molecular complexity index is 323. The van der Waals surface area contributed by atoms with Gasteiger partial charge in [0.15, 0.2) is 0 Å². The molecule has 3 heteroatoms. The lowest BCUT2D eigenvalue weighted by Gasteiger charge is -2.03. The van der Waals surface area contributed by atoms with Crippen LogP contribution in [-0.4, -0.2) is 11.3 Å². The van der Waals surface area contributed by atoms with E-state index in [1.54, 1.807) is 0 Å². The highest BCUT2D eigenvalue weighted by atomic mass is 35.5. The van der Waals surface area contributed by atoms with Crippen molar-refractivity contribution in [2.24, 2.45) is 0 Å². The maximum atomic E-state index is 7.53. The standard InChI is InChI=1S/C10H12ClNS/c1-7-5-8(3-4-9(7)11)6-10(12)13-2/h3-5,12H,6H2,1-2H3. The van der Waals surface area contributed by atoms with Gasteiger partial charge < -0.3 is 0 Å². The number of nitrogens with one attached hydrogen (secondary N) is 1. The number of halogens is 1. The smallest absolute Gasteiger partial charge is 0.0682 e. The van der Waals surface area contributed by atoms with E-state index in [1.165, 1.54) is 11.8 Å². The third-order valence-corrected chi connectivity index (χ3v) is 2.89. The zero-order chi connectivity index (χ0) is 9.84. The average molecular weight is 214 g/mol. The highest BCUT2D eigenvalue weighted by Gasteiger charge is 2.00. The second-order valence-electron chi connectivity index (χ2n) is 2.89. The average Bonchev–Trinajstić information content (AvgIpc) is 2.11. The van der Waals surface area contributed by atoms with Gasteiger partial charge in [-0.05, 0) is 30.4 Å². The summed E-state index contributed by atoms with van der Waals surface area (Å²) in [4.78, 5) is 0. The van der Waals surface area contributed by atoms with Crippen LogP contribution < -0.4 is 0 Å². The summed E-state index contributed by atoms with van der Waals surface area (Å²) in [7, 11) is 0. The highest BCUT2D eigenvalue weighted by molar-refractivity contribution is 8.13. The molecule has 0 spiro atoms. The molecular formula is C10H12ClNS. The van der Waals surface area contributed by atoms with Crippen molar-refractivity contribution < 1.29 is 0 Å². The predicted octanol–water partition coefficient (Wildman–Crippen LogP) is 3.53. The molecule has 1 rings (SSSR count). The summed E-state index contributed by atoms with van der Waals surface area (Å²) in [6.07, 6.45) is 2.63. The van der Waals surface area contributed by atoms with Crippen molar-refractivity contribution in [2.75, 3.05) is 6.26 Å². The number of rotatable bonds is 2. The van der Waals surface area contributed by atoms with E-state index < -0.39 is 0 Å². The van der Waals surface area contributed by atoms with Crippen LogP contribution in [0.15, 0.2) is 18.2 Å². The van der Waals surface area contributed by atoms with Crippen molar-refractivity contribution in [1.29, 1.82) is 5.41 Å². The number of thioether (sulfide) groups is 1. The summed E-state index contributed by atoms with van der Waals surface area (Å²) in [5.74, 6) is 0. The van der Waals surface area contributed by atoms with Gasteiger partial charge in [0.2, 0.25) is 0 Å². The molecule has 0 fully saturated rings. The van der Waals surface area contributed by atoms with Crippen LogP contribution in [-0.2, 0) is 6.42 Å². The molecule has 13 heavy (non-hydrogen) atoms. The van der Waals surface area contributed by atoms with Crippen molar-refractivity contribution in [2.45, 2.75) is 13.3 Å². The zero-order valence-electron chi connectivity index (χ0n) is 7.73. The molecule has 0 radical (unpaired) electrons. The summed E-state index contributed by atoms with van der Waals surface area (Å²) in [6.45, 7) is 1.98. The molecule has 0 aromatic heterocycles. The van der Waals surface area contributed by atoms with Gasteiger partial charge in [-0.2, -0.15) is 0 Å². The van der Waals surface area contributed by atoms with Crippen molar-refractivity contribution in [3.63, 3.8) is 0 Å². The second kappa shape index (κ2) is 4.68. The third kappa shape index (κ3) is 3.05. The van der Waals surface area contributed by atoms with Gasteiger partial charge in [-0.25, -0.2) is 0 Å².